The highest BCUT2D eigenvalue weighted by Crippen LogP contribution is 2.46. The minimum Gasteiger partial charge on any atom is -0.489 e. The number of fused-ring (bicyclic) bond motifs is 3. The van der Waals surface area contributed by atoms with E-state index in [0.717, 1.165) is 38.9 Å². The highest BCUT2D eigenvalue weighted by Gasteiger charge is 2.35. The lowest BCUT2D eigenvalue weighted by molar-refractivity contribution is -0.126. The van der Waals surface area contributed by atoms with Crippen LogP contribution in [0, 0.1) is 0 Å². The second-order valence-corrected chi connectivity index (χ2v) is 8.71. The van der Waals surface area contributed by atoms with Gasteiger partial charge in [-0.15, -0.1) is 0 Å². The van der Waals surface area contributed by atoms with Gasteiger partial charge in [-0.1, -0.05) is 30.3 Å². The molecular weight excluding hydrogens is 440 g/mol. The topological polar surface area (TPSA) is 76.4 Å². The number of rotatable bonds is 2. The molecule has 2 aliphatic rings. The molecule has 8 nitrogen and oxygen atoms in total. The van der Waals surface area contributed by atoms with Gasteiger partial charge in [0.2, 0.25) is 5.91 Å². The Morgan fingerprint density at radius 3 is 2.97 bits per heavy atom. The lowest BCUT2D eigenvalue weighted by Crippen LogP contribution is -2.56. The molecule has 2 aliphatic heterocycles. The number of benzene rings is 2. The number of carbonyl (C=O) groups is 1. The Kier molecular flexibility index (Phi) is 4.51. The van der Waals surface area contributed by atoms with E-state index in [1.54, 1.807) is 17.6 Å². The predicted octanol–water partition coefficient (Wildman–Crippen LogP) is 3.43. The molecule has 0 N–H and O–H groups in total. The average Bonchev–Trinajstić information content (AvgIpc) is 3.14. The second-order valence-electron chi connectivity index (χ2n) is 8.33. The number of nitrogens with zero attached hydrogens (tertiary/aromatic N) is 6. The Balaban J connectivity index is 1.52. The molecule has 0 radical (unpaired) electrons. The van der Waals surface area contributed by atoms with Crippen molar-refractivity contribution in [3.05, 3.63) is 54.6 Å². The highest BCUT2D eigenvalue weighted by molar-refractivity contribution is 6.37. The van der Waals surface area contributed by atoms with Crippen molar-refractivity contribution in [1.82, 2.24) is 24.4 Å². The maximum absolute atomic E-state index is 12.2. The standard InChI is InChI=1S/C24H21ClN6O2/c1-3-19(32)30-7-8-31-14(10-30)11-33-23-20-17(26-12-27-24(20)31)9-16(21(23)25)15-5-4-6-18-22(15)28-13-29(18)2/h3-6,9,12-14H,1,7-8,10-11H2,2H3/t14-/m0/s1. The van der Waals surface area contributed by atoms with Crippen LogP contribution in [0.2, 0.25) is 5.02 Å². The number of carbonyl (C=O) groups excluding carboxylic acids is 1. The number of ether oxygens (including phenoxy) is 1. The Morgan fingerprint density at radius 1 is 1.24 bits per heavy atom. The molecule has 1 atom stereocenters. The van der Waals surface area contributed by atoms with Gasteiger partial charge in [0.05, 0.1) is 39.3 Å². The van der Waals surface area contributed by atoms with Crippen LogP contribution in [-0.4, -0.2) is 62.6 Å². The van der Waals surface area contributed by atoms with E-state index in [2.05, 4.69) is 26.4 Å². The first-order chi connectivity index (χ1) is 16.1. The highest BCUT2D eigenvalue weighted by atomic mass is 35.5. The van der Waals surface area contributed by atoms with E-state index in [1.165, 1.54) is 6.08 Å². The Hall–Kier alpha value is -3.65. The lowest BCUT2D eigenvalue weighted by atomic mass is 10.0. The smallest absolute Gasteiger partial charge is 0.246 e. The average molecular weight is 461 g/mol. The zero-order chi connectivity index (χ0) is 22.7. The van der Waals surface area contributed by atoms with Gasteiger partial charge in [-0.3, -0.25) is 4.79 Å². The molecule has 9 heteroatoms. The summed E-state index contributed by atoms with van der Waals surface area (Å²) in [4.78, 5) is 29.9. The molecule has 1 fully saturated rings. The number of aryl methyl sites for hydroxylation is 1. The number of hydrogen-bond acceptors (Lipinski definition) is 6. The van der Waals surface area contributed by atoms with Gasteiger partial charge in [-0.25, -0.2) is 15.0 Å². The first-order valence-corrected chi connectivity index (χ1v) is 11.1. The molecule has 1 saturated heterocycles. The number of halogens is 1. The van der Waals surface area contributed by atoms with Crippen LogP contribution in [0.1, 0.15) is 0 Å². The Labute approximate surface area is 195 Å². The largest absolute Gasteiger partial charge is 0.489 e. The van der Waals surface area contributed by atoms with Gasteiger partial charge in [-0.2, -0.15) is 0 Å². The van der Waals surface area contributed by atoms with Crippen molar-refractivity contribution in [2.45, 2.75) is 6.04 Å². The summed E-state index contributed by atoms with van der Waals surface area (Å²) in [5.41, 5.74) is 4.38. The summed E-state index contributed by atoms with van der Waals surface area (Å²) in [6, 6.07) is 7.97. The van der Waals surface area contributed by atoms with Crippen LogP contribution in [0.25, 0.3) is 33.1 Å². The molecule has 0 saturated carbocycles. The number of aromatic nitrogens is 4. The van der Waals surface area contributed by atoms with Crippen LogP contribution in [0.4, 0.5) is 5.82 Å². The molecule has 0 spiro atoms. The van der Waals surface area contributed by atoms with E-state index in [1.807, 2.05) is 35.9 Å². The molecule has 0 unspecified atom stereocenters. The number of anilines is 1. The van der Waals surface area contributed by atoms with Gasteiger partial charge in [-0.05, 0) is 18.2 Å². The summed E-state index contributed by atoms with van der Waals surface area (Å²) in [5, 5.41) is 1.31. The molecule has 2 aromatic heterocycles. The summed E-state index contributed by atoms with van der Waals surface area (Å²) in [5.74, 6) is 1.28. The lowest BCUT2D eigenvalue weighted by Gasteiger charge is -2.40. The molecule has 0 bridgehead atoms. The minimum atomic E-state index is -0.0759. The van der Waals surface area contributed by atoms with E-state index < -0.39 is 0 Å². The normalized spacial score (nSPS) is 17.6. The second kappa shape index (κ2) is 7.45. The molecule has 4 aromatic rings. The van der Waals surface area contributed by atoms with Crippen molar-refractivity contribution in [3.63, 3.8) is 0 Å². The molecule has 2 aromatic carbocycles. The maximum atomic E-state index is 12.2. The zero-order valence-electron chi connectivity index (χ0n) is 18.0. The minimum absolute atomic E-state index is 0.0492. The predicted molar refractivity (Wildman–Crippen MR) is 128 cm³/mol. The van der Waals surface area contributed by atoms with Crippen LogP contribution < -0.4 is 9.64 Å². The first-order valence-electron chi connectivity index (χ1n) is 10.7. The third kappa shape index (κ3) is 2.97. The number of hydrogen-bond donors (Lipinski definition) is 0. The number of imidazole rings is 1. The molecular formula is C24H21ClN6O2. The van der Waals surface area contributed by atoms with Gasteiger partial charge in [0.1, 0.15) is 18.8 Å². The van der Waals surface area contributed by atoms with Gasteiger partial charge in [0.15, 0.2) is 5.75 Å². The van der Waals surface area contributed by atoms with Gasteiger partial charge < -0.3 is 19.1 Å². The summed E-state index contributed by atoms with van der Waals surface area (Å²) in [7, 11) is 1.97. The third-order valence-electron chi connectivity index (χ3n) is 6.51. The van der Waals surface area contributed by atoms with E-state index in [4.69, 9.17) is 16.3 Å². The molecule has 4 heterocycles. The van der Waals surface area contributed by atoms with Crippen LogP contribution in [0.3, 0.4) is 0 Å². The van der Waals surface area contributed by atoms with Crippen molar-refractivity contribution < 1.29 is 9.53 Å². The molecule has 33 heavy (non-hydrogen) atoms. The monoisotopic (exact) mass is 460 g/mol. The molecule has 1 amide bonds. The van der Waals surface area contributed by atoms with Crippen LogP contribution >= 0.6 is 11.6 Å². The first kappa shape index (κ1) is 20.0. The Morgan fingerprint density at radius 2 is 2.12 bits per heavy atom. The molecule has 6 rings (SSSR count). The fourth-order valence-corrected chi connectivity index (χ4v) is 5.16. The van der Waals surface area contributed by atoms with E-state index >= 15 is 0 Å². The number of piperazine rings is 1. The summed E-state index contributed by atoms with van der Waals surface area (Å²) < 4.78 is 8.30. The van der Waals surface area contributed by atoms with Crippen molar-refractivity contribution in [3.8, 4) is 16.9 Å². The van der Waals surface area contributed by atoms with Crippen LogP contribution in [0.15, 0.2) is 49.6 Å². The van der Waals surface area contributed by atoms with Gasteiger partial charge >= 0.3 is 0 Å². The summed E-state index contributed by atoms with van der Waals surface area (Å²) in [6.45, 7) is 5.76. The zero-order valence-corrected chi connectivity index (χ0v) is 18.8. The third-order valence-corrected chi connectivity index (χ3v) is 6.88. The summed E-state index contributed by atoms with van der Waals surface area (Å²) >= 11 is 7.00. The van der Waals surface area contributed by atoms with Gasteiger partial charge in [0, 0.05) is 37.8 Å². The fraction of sp³-hybridized carbons (Fsp3) is 0.250. The van der Waals surface area contributed by atoms with Gasteiger partial charge in [0.25, 0.3) is 0 Å². The van der Waals surface area contributed by atoms with Crippen molar-refractivity contribution in [2.75, 3.05) is 31.1 Å². The van der Waals surface area contributed by atoms with Crippen LogP contribution in [-0.2, 0) is 11.8 Å². The van der Waals surface area contributed by atoms with Crippen molar-refractivity contribution >= 4 is 45.3 Å². The quantitative estimate of drug-likeness (QED) is 0.426. The van der Waals surface area contributed by atoms with Crippen molar-refractivity contribution in [1.29, 1.82) is 0 Å². The maximum Gasteiger partial charge on any atom is 0.246 e. The van der Waals surface area contributed by atoms with E-state index in [0.29, 0.717) is 37.0 Å². The Bertz CT molecular complexity index is 1450. The van der Waals surface area contributed by atoms with E-state index in [-0.39, 0.29) is 11.9 Å². The van der Waals surface area contributed by atoms with E-state index in [9.17, 15) is 4.79 Å². The summed E-state index contributed by atoms with van der Waals surface area (Å²) in [6.07, 6.45) is 4.72. The fourth-order valence-electron chi connectivity index (χ4n) is 4.86. The van der Waals surface area contributed by atoms with Crippen LogP contribution in [0.5, 0.6) is 5.75 Å². The SMILES string of the molecule is C=CC(=O)N1CCN2c3ncnc4cc(-c5cccc6c5ncn6C)c(Cl)c(c34)OC[C@@H]2C1. The van der Waals surface area contributed by atoms with Crippen molar-refractivity contribution in [2.24, 2.45) is 7.05 Å². The molecule has 166 valence electrons. The number of amides is 1. The number of para-hydroxylation sites is 1. The molecule has 0 aliphatic carbocycles.